The second kappa shape index (κ2) is 8.62. The van der Waals surface area contributed by atoms with Crippen LogP contribution in [0, 0.1) is 29.1 Å². The maximum absolute atomic E-state index is 14.3. The first-order chi connectivity index (χ1) is 18.4. The molecule has 6 rings (SSSR count). The number of amides is 4. The molecule has 6 unspecified atom stereocenters. The molecule has 0 bridgehead atoms. The van der Waals surface area contributed by atoms with E-state index in [2.05, 4.69) is 15.9 Å². The standard InChI is InChI=1S/C31H31BrN2O5/c1-30(2,3)34-26(36)19-12-11-18-20(24(19)28(34)38)15-22-27(37)33(17-8-6-5-7-9-17)29(39)31(22,4)25(18)21-14-16(32)10-13-23(21)35/h5-11,13-14,19-20,22,24-25,35H,12,15H2,1-4H3. The highest BCUT2D eigenvalue weighted by Crippen LogP contribution is 2.64. The number of anilines is 1. The fourth-order valence-electron chi connectivity index (χ4n) is 7.60. The normalized spacial score (nSPS) is 32.2. The van der Waals surface area contributed by atoms with Gasteiger partial charge in [0.2, 0.25) is 23.6 Å². The predicted molar refractivity (Wildman–Crippen MR) is 148 cm³/mol. The van der Waals surface area contributed by atoms with Gasteiger partial charge in [0, 0.05) is 21.5 Å². The molecule has 6 atom stereocenters. The first kappa shape index (κ1) is 26.0. The number of allylic oxidation sites excluding steroid dienone is 2. The SMILES string of the molecule is CC12C(=O)N(c3ccccc3)C(=O)C1CC1C(=CCC3C(=O)N(C(C)(C)C)C(=O)C31)C2c1cc(Br)ccc1O. The molecule has 0 aromatic heterocycles. The molecule has 0 radical (unpaired) electrons. The Kier molecular flexibility index (Phi) is 5.74. The number of carbonyl (C=O) groups is 4. The van der Waals surface area contributed by atoms with Crippen LogP contribution >= 0.6 is 15.9 Å². The number of imide groups is 2. The fraction of sp³-hybridized carbons (Fsp3) is 0.419. The average molecular weight is 592 g/mol. The van der Waals surface area contributed by atoms with Gasteiger partial charge in [-0.3, -0.25) is 24.1 Å². The fourth-order valence-corrected chi connectivity index (χ4v) is 7.98. The predicted octanol–water partition coefficient (Wildman–Crippen LogP) is 5.18. The van der Waals surface area contributed by atoms with E-state index < -0.39 is 40.5 Å². The molecule has 7 nitrogen and oxygen atoms in total. The van der Waals surface area contributed by atoms with Gasteiger partial charge in [-0.2, -0.15) is 0 Å². The van der Waals surface area contributed by atoms with E-state index in [-0.39, 0.29) is 29.4 Å². The van der Waals surface area contributed by atoms with Crippen molar-refractivity contribution in [2.75, 3.05) is 4.90 Å². The van der Waals surface area contributed by atoms with Gasteiger partial charge in [-0.15, -0.1) is 0 Å². The van der Waals surface area contributed by atoms with Crippen LogP contribution in [0.15, 0.2) is 64.7 Å². The molecule has 202 valence electrons. The van der Waals surface area contributed by atoms with Crippen LogP contribution in [0.5, 0.6) is 5.75 Å². The van der Waals surface area contributed by atoms with E-state index in [0.717, 1.165) is 10.0 Å². The smallest absolute Gasteiger partial charge is 0.241 e. The highest BCUT2D eigenvalue weighted by Gasteiger charge is 2.68. The number of rotatable bonds is 2. The van der Waals surface area contributed by atoms with Gasteiger partial charge >= 0.3 is 0 Å². The molecule has 2 aliphatic heterocycles. The molecule has 2 aromatic carbocycles. The maximum atomic E-state index is 14.3. The zero-order chi connectivity index (χ0) is 28.0. The van der Waals surface area contributed by atoms with Crippen LogP contribution in [0.25, 0.3) is 0 Å². The Morgan fingerprint density at radius 3 is 2.31 bits per heavy atom. The van der Waals surface area contributed by atoms with Crippen molar-refractivity contribution >= 4 is 45.2 Å². The largest absolute Gasteiger partial charge is 0.508 e. The van der Waals surface area contributed by atoms with E-state index in [9.17, 15) is 24.3 Å². The summed E-state index contributed by atoms with van der Waals surface area (Å²) in [7, 11) is 0. The van der Waals surface area contributed by atoms with E-state index in [1.54, 1.807) is 42.5 Å². The third-order valence-electron chi connectivity index (χ3n) is 9.26. The zero-order valence-electron chi connectivity index (χ0n) is 22.3. The maximum Gasteiger partial charge on any atom is 0.241 e. The lowest BCUT2D eigenvalue weighted by Gasteiger charge is -2.49. The summed E-state index contributed by atoms with van der Waals surface area (Å²) in [6, 6.07) is 14.0. The summed E-state index contributed by atoms with van der Waals surface area (Å²) in [5.41, 5.74) is 0.0415. The van der Waals surface area contributed by atoms with Crippen LogP contribution < -0.4 is 4.90 Å². The first-order valence-electron chi connectivity index (χ1n) is 13.4. The van der Waals surface area contributed by atoms with Crippen LogP contribution in [0.4, 0.5) is 5.69 Å². The number of likely N-dealkylation sites (tertiary alicyclic amines) is 1. The molecular weight excluding hydrogens is 560 g/mol. The van der Waals surface area contributed by atoms with E-state index >= 15 is 0 Å². The summed E-state index contributed by atoms with van der Waals surface area (Å²) >= 11 is 3.51. The molecule has 39 heavy (non-hydrogen) atoms. The Bertz CT molecular complexity index is 1460. The molecule has 4 amide bonds. The number of benzene rings is 2. The lowest BCUT2D eigenvalue weighted by Crippen LogP contribution is -2.49. The van der Waals surface area contributed by atoms with Crippen LogP contribution in [0.1, 0.15) is 52.0 Å². The number of aromatic hydroxyl groups is 1. The minimum atomic E-state index is -1.18. The molecule has 0 spiro atoms. The average Bonchev–Trinajstić information content (AvgIpc) is 3.26. The number of phenolic OH excluding ortho intramolecular Hbond substituents is 1. The van der Waals surface area contributed by atoms with E-state index in [1.165, 1.54) is 9.80 Å². The van der Waals surface area contributed by atoms with Crippen molar-refractivity contribution in [3.05, 3.63) is 70.2 Å². The van der Waals surface area contributed by atoms with Crippen LogP contribution in [-0.2, 0) is 19.2 Å². The summed E-state index contributed by atoms with van der Waals surface area (Å²) in [4.78, 5) is 58.4. The minimum absolute atomic E-state index is 0.0235. The van der Waals surface area contributed by atoms with Crippen molar-refractivity contribution in [3.8, 4) is 5.75 Å². The first-order valence-corrected chi connectivity index (χ1v) is 14.2. The summed E-state index contributed by atoms with van der Waals surface area (Å²) in [6.07, 6.45) is 2.67. The molecule has 1 saturated carbocycles. The molecule has 3 fully saturated rings. The van der Waals surface area contributed by atoms with Crippen molar-refractivity contribution in [2.45, 2.75) is 52.0 Å². The quantitative estimate of drug-likeness (QED) is 0.384. The van der Waals surface area contributed by atoms with Crippen molar-refractivity contribution in [1.82, 2.24) is 4.90 Å². The van der Waals surface area contributed by atoms with Crippen molar-refractivity contribution in [1.29, 1.82) is 0 Å². The molecule has 8 heteroatoms. The van der Waals surface area contributed by atoms with Crippen molar-refractivity contribution in [2.24, 2.45) is 29.1 Å². The van der Waals surface area contributed by atoms with Gasteiger partial charge in [-0.1, -0.05) is 45.8 Å². The number of para-hydroxylation sites is 1. The Balaban J connectivity index is 1.54. The number of halogens is 1. The van der Waals surface area contributed by atoms with Crippen LogP contribution in [0.3, 0.4) is 0 Å². The molecule has 2 aromatic rings. The number of hydrogen-bond donors (Lipinski definition) is 1. The zero-order valence-corrected chi connectivity index (χ0v) is 23.9. The minimum Gasteiger partial charge on any atom is -0.508 e. The molecule has 2 heterocycles. The number of nitrogens with zero attached hydrogens (tertiary/aromatic N) is 2. The van der Waals surface area contributed by atoms with Crippen molar-refractivity contribution < 1.29 is 24.3 Å². The van der Waals surface area contributed by atoms with E-state index in [0.29, 0.717) is 24.1 Å². The monoisotopic (exact) mass is 590 g/mol. The Morgan fingerprint density at radius 2 is 1.64 bits per heavy atom. The molecule has 2 aliphatic carbocycles. The van der Waals surface area contributed by atoms with Gasteiger partial charge in [0.1, 0.15) is 5.75 Å². The van der Waals surface area contributed by atoms with Crippen LogP contribution in [-0.4, -0.2) is 39.2 Å². The Hall–Kier alpha value is -3.26. The van der Waals surface area contributed by atoms with E-state index in [4.69, 9.17) is 0 Å². The lowest BCUT2D eigenvalue weighted by atomic mass is 9.51. The summed E-state index contributed by atoms with van der Waals surface area (Å²) < 4.78 is 0.731. The second-order valence-electron chi connectivity index (χ2n) is 12.4. The van der Waals surface area contributed by atoms with Gasteiger partial charge < -0.3 is 5.11 Å². The molecule has 2 saturated heterocycles. The number of carbonyl (C=O) groups excluding carboxylic acids is 4. The van der Waals surface area contributed by atoms with E-state index in [1.807, 2.05) is 39.8 Å². The Morgan fingerprint density at radius 1 is 0.949 bits per heavy atom. The summed E-state index contributed by atoms with van der Waals surface area (Å²) in [5, 5.41) is 11.1. The van der Waals surface area contributed by atoms with Gasteiger partial charge in [-0.05, 0) is 76.8 Å². The third-order valence-corrected chi connectivity index (χ3v) is 9.75. The number of fused-ring (bicyclic) bond motifs is 4. The molecular formula is C31H31BrN2O5. The highest BCUT2D eigenvalue weighted by atomic mass is 79.9. The van der Waals surface area contributed by atoms with Crippen molar-refractivity contribution in [3.63, 3.8) is 0 Å². The Labute approximate surface area is 236 Å². The lowest BCUT2D eigenvalue weighted by molar-refractivity contribution is -0.145. The molecule has 4 aliphatic rings. The number of hydrogen-bond acceptors (Lipinski definition) is 5. The highest BCUT2D eigenvalue weighted by molar-refractivity contribution is 9.10. The second-order valence-corrected chi connectivity index (χ2v) is 13.3. The van der Waals surface area contributed by atoms with Crippen LogP contribution in [0.2, 0.25) is 0 Å². The van der Waals surface area contributed by atoms with Gasteiger partial charge in [0.15, 0.2) is 0 Å². The third kappa shape index (κ3) is 3.53. The number of phenols is 1. The topological polar surface area (TPSA) is 95.0 Å². The molecule has 1 N–H and O–H groups in total. The van der Waals surface area contributed by atoms with Gasteiger partial charge in [-0.25, -0.2) is 4.90 Å². The summed E-state index contributed by atoms with van der Waals surface area (Å²) in [5.74, 6) is -3.86. The summed E-state index contributed by atoms with van der Waals surface area (Å²) in [6.45, 7) is 7.38. The van der Waals surface area contributed by atoms with Gasteiger partial charge in [0.05, 0.1) is 28.9 Å². The van der Waals surface area contributed by atoms with Gasteiger partial charge in [0.25, 0.3) is 0 Å².